The quantitative estimate of drug-likeness (QED) is 0.811. The standard InChI is InChI=1S/C20H25FN2O2/c21-18-14-16(6-7-20(18)23-9-12-25-13-10-23)15-22-19(8-11-24)17-4-2-1-3-5-17/h1-7,14,19,22,24H,8-13,15H2/t19-/m1/s1. The van der Waals surface area contributed by atoms with Crippen LogP contribution in [0.1, 0.15) is 23.6 Å². The van der Waals surface area contributed by atoms with E-state index in [0.29, 0.717) is 31.9 Å². The van der Waals surface area contributed by atoms with Crippen molar-refractivity contribution in [2.24, 2.45) is 0 Å². The van der Waals surface area contributed by atoms with Crippen LogP contribution in [0.5, 0.6) is 0 Å². The number of nitrogens with zero attached hydrogens (tertiary/aromatic N) is 1. The van der Waals surface area contributed by atoms with Crippen LogP contribution < -0.4 is 10.2 Å². The monoisotopic (exact) mass is 344 g/mol. The molecule has 3 rings (SSSR count). The summed E-state index contributed by atoms with van der Waals surface area (Å²) < 4.78 is 19.8. The van der Waals surface area contributed by atoms with E-state index in [1.54, 1.807) is 6.07 Å². The highest BCUT2D eigenvalue weighted by atomic mass is 19.1. The number of anilines is 1. The predicted molar refractivity (Wildman–Crippen MR) is 97.2 cm³/mol. The van der Waals surface area contributed by atoms with Gasteiger partial charge in [-0.3, -0.25) is 0 Å². The van der Waals surface area contributed by atoms with Gasteiger partial charge in [0.1, 0.15) is 5.82 Å². The SMILES string of the molecule is OCC[C@@H](NCc1ccc(N2CCOCC2)c(F)c1)c1ccccc1. The summed E-state index contributed by atoms with van der Waals surface area (Å²) >= 11 is 0. The van der Waals surface area contributed by atoms with Crippen molar-refractivity contribution in [2.45, 2.75) is 19.0 Å². The summed E-state index contributed by atoms with van der Waals surface area (Å²) in [6.07, 6.45) is 0.623. The zero-order valence-electron chi connectivity index (χ0n) is 14.3. The molecule has 0 aliphatic carbocycles. The summed E-state index contributed by atoms with van der Waals surface area (Å²) in [5, 5.41) is 12.7. The Hall–Kier alpha value is -1.95. The van der Waals surface area contributed by atoms with E-state index in [-0.39, 0.29) is 18.5 Å². The van der Waals surface area contributed by atoms with E-state index < -0.39 is 0 Å². The van der Waals surface area contributed by atoms with E-state index in [1.165, 1.54) is 0 Å². The minimum Gasteiger partial charge on any atom is -0.396 e. The van der Waals surface area contributed by atoms with Crippen LogP contribution in [0, 0.1) is 5.82 Å². The van der Waals surface area contributed by atoms with Gasteiger partial charge in [-0.25, -0.2) is 4.39 Å². The molecule has 2 aromatic carbocycles. The van der Waals surface area contributed by atoms with Crippen molar-refractivity contribution in [3.63, 3.8) is 0 Å². The van der Waals surface area contributed by atoms with Crippen LogP contribution in [0.2, 0.25) is 0 Å². The molecule has 1 fully saturated rings. The molecule has 4 nitrogen and oxygen atoms in total. The second-order valence-corrected chi connectivity index (χ2v) is 6.24. The van der Waals surface area contributed by atoms with E-state index in [9.17, 15) is 9.50 Å². The minimum atomic E-state index is -0.195. The molecule has 0 aromatic heterocycles. The highest BCUT2D eigenvalue weighted by Gasteiger charge is 2.16. The molecular formula is C20H25FN2O2. The first-order valence-corrected chi connectivity index (χ1v) is 8.78. The molecule has 1 aliphatic rings. The van der Waals surface area contributed by atoms with Crippen molar-refractivity contribution in [3.05, 3.63) is 65.5 Å². The first-order valence-electron chi connectivity index (χ1n) is 8.78. The number of morpholine rings is 1. The molecule has 0 radical (unpaired) electrons. The van der Waals surface area contributed by atoms with E-state index in [0.717, 1.165) is 24.2 Å². The van der Waals surface area contributed by atoms with Gasteiger partial charge in [-0.05, 0) is 29.7 Å². The average molecular weight is 344 g/mol. The Morgan fingerprint density at radius 3 is 2.56 bits per heavy atom. The van der Waals surface area contributed by atoms with Crippen molar-refractivity contribution in [1.82, 2.24) is 5.32 Å². The molecular weight excluding hydrogens is 319 g/mol. The normalized spacial score (nSPS) is 16.0. The average Bonchev–Trinajstić information content (AvgIpc) is 2.66. The molecule has 0 saturated carbocycles. The lowest BCUT2D eigenvalue weighted by Gasteiger charge is -2.29. The summed E-state index contributed by atoms with van der Waals surface area (Å²) in [6.45, 7) is 3.39. The number of hydrogen-bond acceptors (Lipinski definition) is 4. The molecule has 0 unspecified atom stereocenters. The van der Waals surface area contributed by atoms with Crippen molar-refractivity contribution >= 4 is 5.69 Å². The number of benzene rings is 2. The van der Waals surface area contributed by atoms with Gasteiger partial charge in [0, 0.05) is 32.3 Å². The van der Waals surface area contributed by atoms with Crippen LogP contribution in [0.25, 0.3) is 0 Å². The highest BCUT2D eigenvalue weighted by molar-refractivity contribution is 5.49. The van der Waals surface area contributed by atoms with Crippen molar-refractivity contribution in [1.29, 1.82) is 0 Å². The molecule has 5 heteroatoms. The summed E-state index contributed by atoms with van der Waals surface area (Å²) in [6, 6.07) is 15.5. The van der Waals surface area contributed by atoms with Crippen LogP contribution in [0.4, 0.5) is 10.1 Å². The molecule has 1 saturated heterocycles. The van der Waals surface area contributed by atoms with Crippen LogP contribution in [0.3, 0.4) is 0 Å². The van der Waals surface area contributed by atoms with Crippen molar-refractivity contribution in [2.75, 3.05) is 37.8 Å². The molecule has 2 aromatic rings. The maximum absolute atomic E-state index is 14.5. The van der Waals surface area contributed by atoms with Gasteiger partial charge >= 0.3 is 0 Å². The van der Waals surface area contributed by atoms with Gasteiger partial charge < -0.3 is 20.1 Å². The van der Waals surface area contributed by atoms with Crippen LogP contribution >= 0.6 is 0 Å². The summed E-state index contributed by atoms with van der Waals surface area (Å²) in [4.78, 5) is 2.02. The molecule has 1 atom stereocenters. The number of hydrogen-bond donors (Lipinski definition) is 2. The minimum absolute atomic E-state index is 0.0492. The fourth-order valence-corrected chi connectivity index (χ4v) is 3.16. The fraction of sp³-hybridized carbons (Fsp3) is 0.400. The number of nitrogens with one attached hydrogen (secondary N) is 1. The lowest BCUT2D eigenvalue weighted by Crippen LogP contribution is -2.36. The first-order chi connectivity index (χ1) is 12.3. The maximum Gasteiger partial charge on any atom is 0.146 e. The largest absolute Gasteiger partial charge is 0.396 e. The van der Waals surface area contributed by atoms with E-state index in [4.69, 9.17) is 4.74 Å². The zero-order chi connectivity index (χ0) is 17.5. The second-order valence-electron chi connectivity index (χ2n) is 6.24. The smallest absolute Gasteiger partial charge is 0.146 e. The third-order valence-electron chi connectivity index (χ3n) is 4.54. The van der Waals surface area contributed by atoms with Crippen molar-refractivity contribution < 1.29 is 14.2 Å². The van der Waals surface area contributed by atoms with E-state index in [2.05, 4.69) is 5.32 Å². The first kappa shape index (κ1) is 17.9. The van der Waals surface area contributed by atoms with Crippen LogP contribution in [-0.4, -0.2) is 38.0 Å². The predicted octanol–water partition coefficient (Wildman–Crippen LogP) is 2.88. The molecule has 25 heavy (non-hydrogen) atoms. The Balaban J connectivity index is 1.64. The Labute approximate surface area is 148 Å². The molecule has 0 spiro atoms. The molecule has 2 N–H and O–H groups in total. The molecule has 1 heterocycles. The van der Waals surface area contributed by atoms with Gasteiger partial charge in [-0.15, -0.1) is 0 Å². The third kappa shape index (κ3) is 4.78. The Kier molecular flexibility index (Phi) is 6.39. The number of aliphatic hydroxyl groups excluding tert-OH is 1. The lowest BCUT2D eigenvalue weighted by atomic mass is 10.0. The topological polar surface area (TPSA) is 44.7 Å². The molecule has 1 aliphatic heterocycles. The lowest BCUT2D eigenvalue weighted by molar-refractivity contribution is 0.122. The number of aliphatic hydroxyl groups is 1. The summed E-state index contributed by atoms with van der Waals surface area (Å²) in [7, 11) is 0. The Morgan fingerprint density at radius 2 is 1.88 bits per heavy atom. The van der Waals surface area contributed by atoms with Crippen LogP contribution in [0.15, 0.2) is 48.5 Å². The fourth-order valence-electron chi connectivity index (χ4n) is 3.16. The number of ether oxygens (including phenoxy) is 1. The molecule has 0 amide bonds. The van der Waals surface area contributed by atoms with Gasteiger partial charge in [0.2, 0.25) is 0 Å². The Bertz CT molecular complexity index is 660. The number of halogens is 1. The summed E-state index contributed by atoms with van der Waals surface area (Å²) in [5.41, 5.74) is 2.66. The van der Waals surface area contributed by atoms with Crippen molar-refractivity contribution in [3.8, 4) is 0 Å². The van der Waals surface area contributed by atoms with Gasteiger partial charge in [0.25, 0.3) is 0 Å². The third-order valence-corrected chi connectivity index (χ3v) is 4.54. The maximum atomic E-state index is 14.5. The molecule has 0 bridgehead atoms. The van der Waals surface area contributed by atoms with E-state index >= 15 is 0 Å². The van der Waals surface area contributed by atoms with Crippen LogP contribution in [-0.2, 0) is 11.3 Å². The summed E-state index contributed by atoms with van der Waals surface area (Å²) in [5.74, 6) is -0.195. The second kappa shape index (κ2) is 8.94. The Morgan fingerprint density at radius 1 is 1.12 bits per heavy atom. The van der Waals surface area contributed by atoms with Gasteiger partial charge in [-0.1, -0.05) is 36.4 Å². The van der Waals surface area contributed by atoms with Gasteiger partial charge in [0.15, 0.2) is 0 Å². The molecule has 134 valence electrons. The number of rotatable bonds is 7. The highest BCUT2D eigenvalue weighted by Crippen LogP contribution is 2.22. The van der Waals surface area contributed by atoms with E-state index in [1.807, 2.05) is 47.4 Å². The zero-order valence-corrected chi connectivity index (χ0v) is 14.3. The van der Waals surface area contributed by atoms with Gasteiger partial charge in [-0.2, -0.15) is 0 Å². The van der Waals surface area contributed by atoms with Gasteiger partial charge in [0.05, 0.1) is 18.9 Å².